The van der Waals surface area contributed by atoms with Gasteiger partial charge < -0.3 is 15.5 Å². The average Bonchev–Trinajstić information content (AvgIpc) is 3.09. The molecule has 1 aliphatic rings. The van der Waals surface area contributed by atoms with Gasteiger partial charge >= 0.3 is 6.03 Å². The number of nitrogens with zero attached hydrogens (tertiary/aromatic N) is 1. The van der Waals surface area contributed by atoms with Crippen molar-refractivity contribution in [2.45, 2.75) is 25.8 Å². The Hall–Kier alpha value is -2.08. The number of amides is 2. The van der Waals surface area contributed by atoms with Crippen LogP contribution in [0.2, 0.25) is 0 Å². The van der Waals surface area contributed by atoms with Gasteiger partial charge in [0.25, 0.3) is 0 Å². The van der Waals surface area contributed by atoms with Gasteiger partial charge in [-0.1, -0.05) is 34.1 Å². The van der Waals surface area contributed by atoms with Crippen molar-refractivity contribution in [2.24, 2.45) is 0 Å². The highest BCUT2D eigenvalue weighted by Gasteiger charge is 2.17. The molecule has 4 nitrogen and oxygen atoms in total. The van der Waals surface area contributed by atoms with Crippen LogP contribution in [0.3, 0.4) is 0 Å². The molecule has 2 N–H and O–H groups in total. The van der Waals surface area contributed by atoms with Crippen molar-refractivity contribution in [3.05, 3.63) is 58.3 Å². The van der Waals surface area contributed by atoms with Gasteiger partial charge in [-0.25, -0.2) is 9.18 Å². The van der Waals surface area contributed by atoms with E-state index in [9.17, 15) is 9.18 Å². The van der Waals surface area contributed by atoms with Gasteiger partial charge in [0.1, 0.15) is 5.82 Å². The topological polar surface area (TPSA) is 44.4 Å². The summed E-state index contributed by atoms with van der Waals surface area (Å²) in [6, 6.07) is 12.0. The van der Waals surface area contributed by atoms with E-state index in [-0.39, 0.29) is 17.9 Å². The molecule has 1 heterocycles. The van der Waals surface area contributed by atoms with Gasteiger partial charge in [-0.3, -0.25) is 0 Å². The Morgan fingerprint density at radius 1 is 1.20 bits per heavy atom. The molecule has 2 aromatic rings. The molecular weight excluding hydrogens is 385 g/mol. The van der Waals surface area contributed by atoms with Gasteiger partial charge in [-0.05, 0) is 49.6 Å². The highest BCUT2D eigenvalue weighted by Crippen LogP contribution is 2.26. The molecule has 0 bridgehead atoms. The Labute approximate surface area is 155 Å². The summed E-state index contributed by atoms with van der Waals surface area (Å²) in [6.45, 7) is 3.66. The van der Waals surface area contributed by atoms with Gasteiger partial charge in [-0.2, -0.15) is 0 Å². The van der Waals surface area contributed by atoms with E-state index >= 15 is 0 Å². The highest BCUT2D eigenvalue weighted by molar-refractivity contribution is 9.10. The zero-order valence-electron chi connectivity index (χ0n) is 14.1. The lowest BCUT2D eigenvalue weighted by atomic mass is 10.1. The van der Waals surface area contributed by atoms with Gasteiger partial charge in [0.15, 0.2) is 0 Å². The van der Waals surface area contributed by atoms with Gasteiger partial charge in [0, 0.05) is 23.2 Å². The van der Waals surface area contributed by atoms with Crippen molar-refractivity contribution in [1.82, 2.24) is 5.32 Å². The number of halogens is 2. The summed E-state index contributed by atoms with van der Waals surface area (Å²) < 4.78 is 15.2. The number of carbonyl (C=O) groups excluding carboxylic acids is 1. The Morgan fingerprint density at radius 3 is 2.60 bits per heavy atom. The Kier molecular flexibility index (Phi) is 5.58. The highest BCUT2D eigenvalue weighted by atomic mass is 79.9. The molecule has 0 saturated carbocycles. The Bertz CT molecular complexity index is 762. The lowest BCUT2D eigenvalue weighted by molar-refractivity contribution is 0.249. The third-order valence-electron chi connectivity index (χ3n) is 4.37. The minimum Gasteiger partial charge on any atom is -0.369 e. The summed E-state index contributed by atoms with van der Waals surface area (Å²) in [5, 5.41) is 5.56. The van der Waals surface area contributed by atoms with Crippen LogP contribution in [0.25, 0.3) is 0 Å². The van der Waals surface area contributed by atoms with E-state index in [1.165, 1.54) is 6.07 Å². The Morgan fingerprint density at radius 2 is 1.92 bits per heavy atom. The second-order valence-corrected chi connectivity index (χ2v) is 7.06. The number of urea groups is 1. The first-order valence-corrected chi connectivity index (χ1v) is 9.20. The number of hydrogen-bond donors (Lipinski definition) is 2. The number of hydrogen-bond acceptors (Lipinski definition) is 2. The fourth-order valence-corrected chi connectivity index (χ4v) is 3.70. The molecule has 3 rings (SSSR count). The van der Waals surface area contributed by atoms with E-state index in [1.807, 2.05) is 36.1 Å². The van der Waals surface area contributed by atoms with Crippen molar-refractivity contribution in [3.63, 3.8) is 0 Å². The van der Waals surface area contributed by atoms with E-state index in [0.717, 1.165) is 36.0 Å². The third kappa shape index (κ3) is 4.31. The SMILES string of the molecule is CC(NC(=O)Nc1ccc(N2CCCC2)c(F)c1)c1ccccc1Br. The van der Waals surface area contributed by atoms with Crippen molar-refractivity contribution >= 4 is 33.3 Å². The molecule has 0 aliphatic carbocycles. The van der Waals surface area contributed by atoms with Crippen LogP contribution in [0.4, 0.5) is 20.6 Å². The van der Waals surface area contributed by atoms with Crippen LogP contribution in [0.5, 0.6) is 0 Å². The molecule has 0 radical (unpaired) electrons. The van der Waals surface area contributed by atoms with E-state index in [2.05, 4.69) is 26.6 Å². The summed E-state index contributed by atoms with van der Waals surface area (Å²) in [4.78, 5) is 14.2. The minimum absolute atomic E-state index is 0.177. The lowest BCUT2D eigenvalue weighted by Crippen LogP contribution is -2.31. The van der Waals surface area contributed by atoms with Crippen molar-refractivity contribution in [1.29, 1.82) is 0 Å². The summed E-state index contributed by atoms with van der Waals surface area (Å²) in [7, 11) is 0. The summed E-state index contributed by atoms with van der Waals surface area (Å²) in [5.41, 5.74) is 2.02. The first-order valence-electron chi connectivity index (χ1n) is 8.41. The molecule has 6 heteroatoms. The number of rotatable bonds is 4. The molecule has 1 aliphatic heterocycles. The van der Waals surface area contributed by atoms with Crippen LogP contribution in [-0.4, -0.2) is 19.1 Å². The zero-order chi connectivity index (χ0) is 17.8. The zero-order valence-corrected chi connectivity index (χ0v) is 15.6. The predicted octanol–water partition coefficient (Wildman–Crippen LogP) is 5.07. The van der Waals surface area contributed by atoms with Gasteiger partial charge in [0.05, 0.1) is 11.7 Å². The van der Waals surface area contributed by atoms with E-state index in [0.29, 0.717) is 11.4 Å². The molecule has 25 heavy (non-hydrogen) atoms. The molecule has 0 aromatic heterocycles. The van der Waals surface area contributed by atoms with Crippen LogP contribution in [-0.2, 0) is 0 Å². The fourth-order valence-electron chi connectivity index (χ4n) is 3.07. The Balaban J connectivity index is 1.63. The fraction of sp³-hybridized carbons (Fsp3) is 0.316. The van der Waals surface area contributed by atoms with Crippen molar-refractivity contribution in [2.75, 3.05) is 23.3 Å². The average molecular weight is 406 g/mol. The smallest absolute Gasteiger partial charge is 0.319 e. The minimum atomic E-state index is -0.364. The first kappa shape index (κ1) is 17.7. The molecular formula is C19H21BrFN3O. The predicted molar refractivity (Wildman–Crippen MR) is 103 cm³/mol. The maximum atomic E-state index is 14.3. The maximum absolute atomic E-state index is 14.3. The van der Waals surface area contributed by atoms with Crippen molar-refractivity contribution < 1.29 is 9.18 Å². The summed E-state index contributed by atoms with van der Waals surface area (Å²) >= 11 is 3.48. The monoisotopic (exact) mass is 405 g/mol. The molecule has 0 spiro atoms. The quantitative estimate of drug-likeness (QED) is 0.745. The summed E-state index contributed by atoms with van der Waals surface area (Å²) in [6.07, 6.45) is 2.18. The summed E-state index contributed by atoms with van der Waals surface area (Å²) in [5.74, 6) is -0.307. The van der Waals surface area contributed by atoms with E-state index < -0.39 is 0 Å². The largest absolute Gasteiger partial charge is 0.369 e. The van der Waals surface area contributed by atoms with Crippen molar-refractivity contribution in [3.8, 4) is 0 Å². The third-order valence-corrected chi connectivity index (χ3v) is 5.09. The van der Waals surface area contributed by atoms with Gasteiger partial charge in [-0.15, -0.1) is 0 Å². The van der Waals surface area contributed by atoms with Crippen LogP contribution in [0.1, 0.15) is 31.4 Å². The first-order chi connectivity index (χ1) is 12.0. The molecule has 1 saturated heterocycles. The van der Waals surface area contributed by atoms with Crippen LogP contribution in [0, 0.1) is 5.82 Å². The van der Waals surface area contributed by atoms with E-state index in [1.54, 1.807) is 12.1 Å². The number of benzene rings is 2. The van der Waals surface area contributed by atoms with E-state index in [4.69, 9.17) is 0 Å². The molecule has 1 fully saturated rings. The van der Waals surface area contributed by atoms with Gasteiger partial charge in [0.2, 0.25) is 0 Å². The molecule has 1 unspecified atom stereocenters. The van der Waals surface area contributed by atoms with Crippen LogP contribution < -0.4 is 15.5 Å². The molecule has 132 valence electrons. The molecule has 2 amide bonds. The second kappa shape index (κ2) is 7.87. The number of carbonyl (C=O) groups is 1. The van der Waals surface area contributed by atoms with Crippen LogP contribution >= 0.6 is 15.9 Å². The number of nitrogens with one attached hydrogen (secondary N) is 2. The standard InChI is InChI=1S/C19H21BrFN3O/c1-13(15-6-2-3-7-16(15)20)22-19(25)23-14-8-9-18(17(21)12-14)24-10-4-5-11-24/h2-3,6-9,12-13H,4-5,10-11H2,1H3,(H2,22,23,25). The lowest BCUT2D eigenvalue weighted by Gasteiger charge is -2.19. The molecule has 1 atom stereocenters. The normalized spacial score (nSPS) is 15.1. The maximum Gasteiger partial charge on any atom is 0.319 e. The second-order valence-electron chi connectivity index (χ2n) is 6.20. The number of anilines is 2. The van der Waals surface area contributed by atoms with Crippen LogP contribution in [0.15, 0.2) is 46.9 Å². The molecule has 2 aromatic carbocycles.